The summed E-state index contributed by atoms with van der Waals surface area (Å²) < 4.78 is 0. The predicted molar refractivity (Wildman–Crippen MR) is 125 cm³/mol. The highest BCUT2D eigenvalue weighted by Gasteiger charge is 2.28. The normalized spacial score (nSPS) is 23.5. The first kappa shape index (κ1) is 19.5. The minimum Gasteiger partial charge on any atom is -0.314 e. The molecule has 0 saturated carbocycles. The largest absolute Gasteiger partial charge is 0.314 e. The van der Waals surface area contributed by atoms with E-state index in [1.165, 1.54) is 33.8 Å². The predicted octanol–water partition coefficient (Wildman–Crippen LogP) is 7.39. The lowest BCUT2D eigenvalue weighted by atomic mass is 9.76. The number of nitrogens with zero attached hydrogens (tertiary/aromatic N) is 1. The molecular weight excluding hydrogens is 350 g/mol. The molecule has 148 valence electrons. The van der Waals surface area contributed by atoms with Crippen LogP contribution in [0.4, 0.5) is 5.69 Å². The number of para-hydroxylation sites is 1. The Labute approximate surface area is 175 Å². The standard InChI is InChI=1S/C28H31N/c1-21-12-14-24(15-13-21)28(4)18-16-25(17-19-28)29(26-10-7-8-22(2)20-26)27-11-6-5-9-23(27)3/h5-18,22H,19-20H2,1-4H3. The molecule has 2 atom stereocenters. The van der Waals surface area contributed by atoms with Gasteiger partial charge in [-0.1, -0.05) is 86.2 Å². The molecule has 0 amide bonds. The van der Waals surface area contributed by atoms with Gasteiger partial charge in [-0.15, -0.1) is 0 Å². The van der Waals surface area contributed by atoms with Crippen LogP contribution in [0.25, 0.3) is 0 Å². The number of allylic oxidation sites excluding steroid dienone is 7. The van der Waals surface area contributed by atoms with Crippen molar-refractivity contribution in [1.29, 1.82) is 0 Å². The van der Waals surface area contributed by atoms with Gasteiger partial charge in [0.15, 0.2) is 0 Å². The molecule has 1 heteroatoms. The van der Waals surface area contributed by atoms with E-state index in [0.717, 1.165) is 12.8 Å². The first-order valence-corrected chi connectivity index (χ1v) is 10.7. The number of rotatable bonds is 4. The van der Waals surface area contributed by atoms with Gasteiger partial charge in [0, 0.05) is 22.5 Å². The molecule has 2 aliphatic carbocycles. The van der Waals surface area contributed by atoms with Crippen molar-refractivity contribution in [1.82, 2.24) is 0 Å². The summed E-state index contributed by atoms with van der Waals surface area (Å²) in [6.45, 7) is 8.98. The molecule has 0 fully saturated rings. The van der Waals surface area contributed by atoms with E-state index in [0.29, 0.717) is 5.92 Å². The minimum absolute atomic E-state index is 0.0444. The highest BCUT2D eigenvalue weighted by molar-refractivity contribution is 5.65. The van der Waals surface area contributed by atoms with Gasteiger partial charge in [-0.05, 0) is 62.0 Å². The molecule has 0 aromatic heterocycles. The summed E-state index contributed by atoms with van der Waals surface area (Å²) in [5, 5.41) is 0. The van der Waals surface area contributed by atoms with Gasteiger partial charge < -0.3 is 4.90 Å². The maximum absolute atomic E-state index is 2.46. The van der Waals surface area contributed by atoms with Crippen LogP contribution in [0.5, 0.6) is 0 Å². The quantitative estimate of drug-likeness (QED) is 0.533. The van der Waals surface area contributed by atoms with Crippen LogP contribution in [-0.4, -0.2) is 0 Å². The first-order chi connectivity index (χ1) is 14.0. The van der Waals surface area contributed by atoms with E-state index in [4.69, 9.17) is 0 Å². The highest BCUT2D eigenvalue weighted by atomic mass is 15.2. The van der Waals surface area contributed by atoms with Crippen LogP contribution in [0, 0.1) is 19.8 Å². The Hall–Kier alpha value is -2.80. The number of hydrogen-bond acceptors (Lipinski definition) is 1. The van der Waals surface area contributed by atoms with Gasteiger partial charge in [-0.25, -0.2) is 0 Å². The summed E-state index contributed by atoms with van der Waals surface area (Å²) in [5.74, 6) is 0.563. The molecule has 0 bridgehead atoms. The summed E-state index contributed by atoms with van der Waals surface area (Å²) in [6.07, 6.45) is 16.0. The van der Waals surface area contributed by atoms with Crippen LogP contribution in [-0.2, 0) is 5.41 Å². The zero-order chi connectivity index (χ0) is 20.4. The highest BCUT2D eigenvalue weighted by Crippen LogP contribution is 2.38. The van der Waals surface area contributed by atoms with E-state index in [-0.39, 0.29) is 5.41 Å². The fourth-order valence-corrected chi connectivity index (χ4v) is 4.30. The van der Waals surface area contributed by atoms with Crippen molar-refractivity contribution in [2.45, 2.75) is 46.0 Å². The minimum atomic E-state index is 0.0444. The molecule has 2 aliphatic rings. The van der Waals surface area contributed by atoms with Gasteiger partial charge in [0.25, 0.3) is 0 Å². The Morgan fingerprint density at radius 1 is 1.00 bits per heavy atom. The second-order valence-electron chi connectivity index (χ2n) is 8.80. The smallest absolute Gasteiger partial charge is 0.0487 e. The molecule has 0 spiro atoms. The summed E-state index contributed by atoms with van der Waals surface area (Å²) in [5.41, 5.74) is 7.95. The zero-order valence-electron chi connectivity index (χ0n) is 18.0. The fraction of sp³-hybridized carbons (Fsp3) is 0.286. The van der Waals surface area contributed by atoms with Gasteiger partial charge in [-0.3, -0.25) is 0 Å². The van der Waals surface area contributed by atoms with Crippen molar-refractivity contribution >= 4 is 5.69 Å². The molecule has 2 aromatic carbocycles. The van der Waals surface area contributed by atoms with Crippen molar-refractivity contribution in [3.8, 4) is 0 Å². The number of anilines is 1. The maximum Gasteiger partial charge on any atom is 0.0487 e. The van der Waals surface area contributed by atoms with Crippen LogP contribution in [0.2, 0.25) is 0 Å². The number of benzene rings is 2. The maximum atomic E-state index is 2.46. The van der Waals surface area contributed by atoms with Gasteiger partial charge in [0.1, 0.15) is 0 Å². The topological polar surface area (TPSA) is 3.24 Å². The molecule has 2 aromatic rings. The average Bonchev–Trinajstić information content (AvgIpc) is 2.72. The zero-order valence-corrected chi connectivity index (χ0v) is 18.0. The molecule has 4 rings (SSSR count). The monoisotopic (exact) mass is 381 g/mol. The second kappa shape index (κ2) is 7.91. The Bertz CT molecular complexity index is 1000. The van der Waals surface area contributed by atoms with Crippen LogP contribution in [0.1, 0.15) is 43.4 Å². The second-order valence-corrected chi connectivity index (χ2v) is 8.80. The SMILES string of the molecule is Cc1ccc(C2(C)C=CC(N(C3=CC=CC(C)C3)c3ccccc3C)=CC2)cc1. The number of hydrogen-bond donors (Lipinski definition) is 0. The Morgan fingerprint density at radius 3 is 2.41 bits per heavy atom. The lowest BCUT2D eigenvalue weighted by Crippen LogP contribution is -2.28. The van der Waals surface area contributed by atoms with Gasteiger partial charge >= 0.3 is 0 Å². The molecule has 0 radical (unpaired) electrons. The van der Waals surface area contributed by atoms with Crippen molar-refractivity contribution in [3.63, 3.8) is 0 Å². The third-order valence-corrected chi connectivity index (χ3v) is 6.23. The van der Waals surface area contributed by atoms with Crippen LogP contribution < -0.4 is 4.90 Å². The summed E-state index contributed by atoms with van der Waals surface area (Å²) in [4.78, 5) is 2.46. The Kier molecular flexibility index (Phi) is 5.32. The van der Waals surface area contributed by atoms with E-state index in [1.54, 1.807) is 0 Å². The summed E-state index contributed by atoms with van der Waals surface area (Å²) in [6, 6.07) is 17.7. The molecule has 0 N–H and O–H groups in total. The van der Waals surface area contributed by atoms with Crippen LogP contribution in [0.15, 0.2) is 96.4 Å². The van der Waals surface area contributed by atoms with E-state index >= 15 is 0 Å². The van der Waals surface area contributed by atoms with E-state index in [9.17, 15) is 0 Å². The Balaban J connectivity index is 1.69. The van der Waals surface area contributed by atoms with E-state index < -0.39 is 0 Å². The van der Waals surface area contributed by atoms with Crippen molar-refractivity contribution in [3.05, 3.63) is 113 Å². The molecular formula is C28H31N. The first-order valence-electron chi connectivity index (χ1n) is 10.7. The van der Waals surface area contributed by atoms with Crippen molar-refractivity contribution < 1.29 is 0 Å². The number of aryl methyl sites for hydroxylation is 2. The fourth-order valence-electron chi connectivity index (χ4n) is 4.30. The Morgan fingerprint density at radius 2 is 1.76 bits per heavy atom. The van der Waals surface area contributed by atoms with Crippen LogP contribution in [0.3, 0.4) is 0 Å². The third-order valence-electron chi connectivity index (χ3n) is 6.23. The third kappa shape index (κ3) is 4.00. The van der Waals surface area contributed by atoms with E-state index in [2.05, 4.69) is 118 Å². The molecule has 0 saturated heterocycles. The summed E-state index contributed by atoms with van der Waals surface area (Å²) in [7, 11) is 0. The molecule has 2 unspecified atom stereocenters. The van der Waals surface area contributed by atoms with E-state index in [1.807, 2.05) is 0 Å². The molecule has 29 heavy (non-hydrogen) atoms. The van der Waals surface area contributed by atoms with Gasteiger partial charge in [-0.2, -0.15) is 0 Å². The van der Waals surface area contributed by atoms with Crippen molar-refractivity contribution in [2.75, 3.05) is 4.90 Å². The lowest BCUT2D eigenvalue weighted by molar-refractivity contribution is 0.593. The van der Waals surface area contributed by atoms with Crippen molar-refractivity contribution in [2.24, 2.45) is 5.92 Å². The van der Waals surface area contributed by atoms with Gasteiger partial charge in [0.2, 0.25) is 0 Å². The lowest BCUT2D eigenvalue weighted by Gasteiger charge is -2.36. The molecule has 0 aliphatic heterocycles. The van der Waals surface area contributed by atoms with Gasteiger partial charge in [0.05, 0.1) is 0 Å². The summed E-state index contributed by atoms with van der Waals surface area (Å²) >= 11 is 0. The molecule has 0 heterocycles. The van der Waals surface area contributed by atoms with Crippen LogP contribution >= 0.6 is 0 Å². The average molecular weight is 382 g/mol. The molecule has 1 nitrogen and oxygen atoms in total.